The summed E-state index contributed by atoms with van der Waals surface area (Å²) in [5.41, 5.74) is 2.67. The summed E-state index contributed by atoms with van der Waals surface area (Å²) in [4.78, 5) is 19.2. The first-order valence-corrected chi connectivity index (χ1v) is 8.67. The molecule has 1 aromatic carbocycles. The highest BCUT2D eigenvalue weighted by atomic mass is 35.5. The molecule has 2 aliphatic heterocycles. The summed E-state index contributed by atoms with van der Waals surface area (Å²) in [5.74, 6) is 0.296. The maximum atomic E-state index is 12.4. The first-order valence-electron chi connectivity index (χ1n) is 8.67. The Balaban J connectivity index is 0.00000156. The monoisotopic (exact) mass is 388 g/mol. The summed E-state index contributed by atoms with van der Waals surface area (Å²) in [5, 5.41) is 3.30. The van der Waals surface area contributed by atoms with Gasteiger partial charge in [0.2, 0.25) is 5.91 Å². The Labute approximate surface area is 163 Å². The van der Waals surface area contributed by atoms with Gasteiger partial charge in [-0.15, -0.1) is 24.8 Å². The van der Waals surface area contributed by atoms with Crippen molar-refractivity contribution in [3.05, 3.63) is 29.8 Å². The van der Waals surface area contributed by atoms with Gasteiger partial charge in [-0.3, -0.25) is 9.69 Å². The van der Waals surface area contributed by atoms with Crippen LogP contribution in [0.3, 0.4) is 0 Å². The zero-order valence-electron chi connectivity index (χ0n) is 15.1. The van der Waals surface area contributed by atoms with Crippen molar-refractivity contribution in [2.45, 2.75) is 25.9 Å². The van der Waals surface area contributed by atoms with Gasteiger partial charge in [0.05, 0.1) is 0 Å². The quantitative estimate of drug-likeness (QED) is 0.859. The van der Waals surface area contributed by atoms with Crippen molar-refractivity contribution < 1.29 is 4.79 Å². The zero-order valence-corrected chi connectivity index (χ0v) is 16.7. The lowest BCUT2D eigenvalue weighted by Gasteiger charge is -2.31. The fourth-order valence-electron chi connectivity index (χ4n) is 3.61. The molecule has 7 heteroatoms. The minimum absolute atomic E-state index is 0. The molecule has 3 rings (SSSR count). The summed E-state index contributed by atoms with van der Waals surface area (Å²) < 4.78 is 0. The van der Waals surface area contributed by atoms with Crippen LogP contribution in [-0.2, 0) is 11.3 Å². The van der Waals surface area contributed by atoms with E-state index in [1.165, 1.54) is 11.3 Å². The summed E-state index contributed by atoms with van der Waals surface area (Å²) in [6.45, 7) is 8.56. The summed E-state index contributed by atoms with van der Waals surface area (Å²) in [7, 11) is 2.16. The number of halogens is 2. The lowest BCUT2D eigenvalue weighted by Crippen LogP contribution is -2.47. The van der Waals surface area contributed by atoms with E-state index < -0.39 is 0 Å². The second-order valence-electron chi connectivity index (χ2n) is 6.71. The largest absolute Gasteiger partial charge is 0.373 e. The molecule has 0 radical (unpaired) electrons. The van der Waals surface area contributed by atoms with E-state index in [9.17, 15) is 4.79 Å². The highest BCUT2D eigenvalue weighted by Crippen LogP contribution is 2.26. The standard InChI is InChI=1S/C18H28N4O.2ClH/c1-15-13-20(2)17-6-4-3-5-16(17)14-22(15)10-7-18(23)21-11-8-19-9-12-21;;/h3-6,15,19H,7-14H2,1-2H3;2*1H. The highest BCUT2D eigenvalue weighted by Gasteiger charge is 2.24. The maximum absolute atomic E-state index is 12.4. The molecule has 0 spiro atoms. The Morgan fingerprint density at radius 1 is 1.20 bits per heavy atom. The van der Waals surface area contributed by atoms with Gasteiger partial charge in [-0.2, -0.15) is 0 Å². The molecule has 1 N–H and O–H groups in total. The molecule has 0 aliphatic carbocycles. The van der Waals surface area contributed by atoms with Crippen LogP contribution >= 0.6 is 24.8 Å². The van der Waals surface area contributed by atoms with Crippen molar-refractivity contribution in [3.8, 4) is 0 Å². The number of carbonyl (C=O) groups excluding carboxylic acids is 1. The molecular weight excluding hydrogens is 359 g/mol. The number of nitrogens with one attached hydrogen (secondary N) is 1. The van der Waals surface area contributed by atoms with Gasteiger partial charge < -0.3 is 15.1 Å². The Hall–Kier alpha value is -1.01. The first kappa shape index (κ1) is 22.0. The van der Waals surface area contributed by atoms with Crippen molar-refractivity contribution >= 4 is 36.4 Å². The minimum atomic E-state index is 0. The third kappa shape index (κ3) is 5.48. The summed E-state index contributed by atoms with van der Waals surface area (Å²) in [6.07, 6.45) is 0.621. The normalized spacial score (nSPS) is 20.8. The number of hydrogen-bond acceptors (Lipinski definition) is 4. The van der Waals surface area contributed by atoms with E-state index in [-0.39, 0.29) is 24.8 Å². The lowest BCUT2D eigenvalue weighted by molar-refractivity contribution is -0.132. The number of likely N-dealkylation sites (N-methyl/N-ethyl adjacent to an activating group) is 1. The topological polar surface area (TPSA) is 38.8 Å². The number of nitrogens with zero attached hydrogens (tertiary/aromatic N) is 3. The van der Waals surface area contributed by atoms with Gasteiger partial charge in [0, 0.05) is 71.0 Å². The van der Waals surface area contributed by atoms with Crippen LogP contribution in [0.1, 0.15) is 18.9 Å². The number of amides is 1. The molecule has 2 heterocycles. The molecule has 0 aromatic heterocycles. The number of para-hydroxylation sites is 1. The molecule has 5 nitrogen and oxygen atoms in total. The predicted molar refractivity (Wildman–Crippen MR) is 108 cm³/mol. The predicted octanol–water partition coefficient (Wildman–Crippen LogP) is 1.99. The average molecular weight is 389 g/mol. The zero-order chi connectivity index (χ0) is 16.2. The van der Waals surface area contributed by atoms with E-state index in [2.05, 4.69) is 53.4 Å². The molecule has 1 aromatic rings. The fourth-order valence-corrected chi connectivity index (χ4v) is 3.61. The molecular formula is C18H30Cl2N4O. The average Bonchev–Trinajstić information content (AvgIpc) is 2.70. The molecule has 0 bridgehead atoms. The minimum Gasteiger partial charge on any atom is -0.373 e. The molecule has 1 saturated heterocycles. The van der Waals surface area contributed by atoms with Gasteiger partial charge in [-0.25, -0.2) is 0 Å². The molecule has 25 heavy (non-hydrogen) atoms. The maximum Gasteiger partial charge on any atom is 0.223 e. The first-order chi connectivity index (χ1) is 11.1. The number of benzene rings is 1. The number of piperazine rings is 1. The van der Waals surface area contributed by atoms with Crippen LogP contribution in [0, 0.1) is 0 Å². The molecule has 0 saturated carbocycles. The number of fused-ring (bicyclic) bond motifs is 1. The SMILES string of the molecule is CC1CN(C)c2ccccc2CN1CCC(=O)N1CCNCC1.Cl.Cl. The van der Waals surface area contributed by atoms with Crippen LogP contribution in [0.5, 0.6) is 0 Å². The van der Waals surface area contributed by atoms with E-state index >= 15 is 0 Å². The van der Waals surface area contributed by atoms with Crippen molar-refractivity contribution in [2.24, 2.45) is 0 Å². The van der Waals surface area contributed by atoms with Crippen molar-refractivity contribution in [1.29, 1.82) is 0 Å². The van der Waals surface area contributed by atoms with Gasteiger partial charge in [-0.05, 0) is 18.6 Å². The smallest absolute Gasteiger partial charge is 0.223 e. The molecule has 2 aliphatic rings. The van der Waals surface area contributed by atoms with E-state index in [4.69, 9.17) is 0 Å². The molecule has 1 atom stereocenters. The Morgan fingerprint density at radius 3 is 2.60 bits per heavy atom. The molecule has 142 valence electrons. The fraction of sp³-hybridized carbons (Fsp3) is 0.611. The van der Waals surface area contributed by atoms with E-state index in [0.29, 0.717) is 18.4 Å². The Morgan fingerprint density at radius 2 is 1.88 bits per heavy atom. The second kappa shape index (κ2) is 10.2. The van der Waals surface area contributed by atoms with Crippen molar-refractivity contribution in [3.63, 3.8) is 0 Å². The van der Waals surface area contributed by atoms with Crippen molar-refractivity contribution in [1.82, 2.24) is 15.1 Å². The van der Waals surface area contributed by atoms with Crippen LogP contribution in [-0.4, -0.2) is 68.1 Å². The molecule has 1 fully saturated rings. The van der Waals surface area contributed by atoms with Crippen LogP contribution < -0.4 is 10.2 Å². The number of anilines is 1. The second-order valence-corrected chi connectivity index (χ2v) is 6.71. The van der Waals surface area contributed by atoms with Crippen molar-refractivity contribution in [2.75, 3.05) is 51.2 Å². The van der Waals surface area contributed by atoms with Gasteiger partial charge in [-0.1, -0.05) is 18.2 Å². The third-order valence-corrected chi connectivity index (χ3v) is 5.02. The van der Waals surface area contributed by atoms with Crippen LogP contribution in [0.2, 0.25) is 0 Å². The van der Waals surface area contributed by atoms with Crippen LogP contribution in [0.15, 0.2) is 24.3 Å². The Bertz CT molecular complexity index is 552. The molecule has 1 amide bonds. The van der Waals surface area contributed by atoms with E-state index in [1.54, 1.807) is 0 Å². The molecule has 1 unspecified atom stereocenters. The number of hydrogen-bond donors (Lipinski definition) is 1. The van der Waals surface area contributed by atoms with E-state index in [1.807, 2.05) is 4.90 Å². The number of carbonyl (C=O) groups is 1. The van der Waals surface area contributed by atoms with Gasteiger partial charge in [0.25, 0.3) is 0 Å². The lowest BCUT2D eigenvalue weighted by atomic mass is 10.1. The van der Waals surface area contributed by atoms with E-state index in [0.717, 1.165) is 45.8 Å². The van der Waals surface area contributed by atoms with Gasteiger partial charge in [0.1, 0.15) is 0 Å². The third-order valence-electron chi connectivity index (χ3n) is 5.02. The van der Waals surface area contributed by atoms with Gasteiger partial charge >= 0.3 is 0 Å². The van der Waals surface area contributed by atoms with Crippen LogP contribution in [0.4, 0.5) is 5.69 Å². The summed E-state index contributed by atoms with van der Waals surface area (Å²) >= 11 is 0. The van der Waals surface area contributed by atoms with Crippen LogP contribution in [0.25, 0.3) is 0 Å². The number of rotatable bonds is 3. The van der Waals surface area contributed by atoms with Gasteiger partial charge in [0.15, 0.2) is 0 Å². The Kier molecular flexibility index (Phi) is 9.00. The highest BCUT2D eigenvalue weighted by molar-refractivity contribution is 5.85. The summed E-state index contributed by atoms with van der Waals surface area (Å²) in [6, 6.07) is 9.05.